The molecule has 3 nitrogen and oxygen atoms in total. The third kappa shape index (κ3) is 2.43. The molecular weight excluding hydrogens is 178 g/mol. The first-order valence-corrected chi connectivity index (χ1v) is 3.72. The minimum absolute atomic E-state index is 0.0405. The van der Waals surface area contributed by atoms with Gasteiger partial charge in [0.15, 0.2) is 0 Å². The first-order chi connectivity index (χ1) is 5.58. The van der Waals surface area contributed by atoms with Gasteiger partial charge in [-0.1, -0.05) is 11.6 Å². The molecule has 0 fully saturated rings. The molecule has 1 amide bonds. The molecule has 0 bridgehead atoms. The predicted octanol–water partition coefficient (Wildman–Crippen LogP) is 1.07. The van der Waals surface area contributed by atoms with Gasteiger partial charge in [0.05, 0.1) is 6.42 Å². The van der Waals surface area contributed by atoms with E-state index >= 15 is 0 Å². The molecule has 1 aromatic rings. The molecule has 3 N–H and O–H groups in total. The lowest BCUT2D eigenvalue weighted by molar-refractivity contribution is -0.117. The number of nitrogens with two attached hydrogens (primary N) is 1. The molecule has 0 aromatic heterocycles. The number of hydrogen-bond donors (Lipinski definition) is 2. The summed E-state index contributed by atoms with van der Waals surface area (Å²) in [6, 6.07) is 4.44. The number of hydrogen-bond acceptors (Lipinski definition) is 2. The summed E-state index contributed by atoms with van der Waals surface area (Å²) in [4.78, 5) is 10.5. The predicted molar refractivity (Wildman–Crippen MR) is 46.0 cm³/mol. The fourth-order valence-corrected chi connectivity index (χ4v) is 1.19. The van der Waals surface area contributed by atoms with Gasteiger partial charge in [-0.15, -0.1) is 0 Å². The van der Waals surface area contributed by atoms with Crippen molar-refractivity contribution in [3.63, 3.8) is 0 Å². The van der Waals surface area contributed by atoms with Crippen LogP contribution in [0.4, 0.5) is 0 Å². The molecule has 0 saturated carbocycles. The molecular formula is C8H8ClNO2. The Hall–Kier alpha value is -1.22. The van der Waals surface area contributed by atoms with Gasteiger partial charge < -0.3 is 10.8 Å². The highest BCUT2D eigenvalue weighted by Gasteiger charge is 2.01. The Morgan fingerprint density at radius 1 is 1.50 bits per heavy atom. The topological polar surface area (TPSA) is 63.3 Å². The molecule has 0 aliphatic heterocycles. The van der Waals surface area contributed by atoms with Crippen LogP contribution >= 0.6 is 11.6 Å². The largest absolute Gasteiger partial charge is 0.508 e. The van der Waals surface area contributed by atoms with Crippen LogP contribution in [0.3, 0.4) is 0 Å². The molecule has 0 spiro atoms. The Balaban J connectivity index is 2.93. The SMILES string of the molecule is NC(=O)Cc1cc(O)cc(Cl)c1. The Bertz CT molecular complexity index is 292. The number of benzene rings is 1. The summed E-state index contributed by atoms with van der Waals surface area (Å²) >= 11 is 5.62. The Morgan fingerprint density at radius 2 is 2.17 bits per heavy atom. The summed E-state index contributed by atoms with van der Waals surface area (Å²) in [5.41, 5.74) is 5.58. The van der Waals surface area contributed by atoms with Crippen molar-refractivity contribution in [3.8, 4) is 5.75 Å². The highest BCUT2D eigenvalue weighted by atomic mass is 35.5. The van der Waals surface area contributed by atoms with Gasteiger partial charge in [-0.3, -0.25) is 4.79 Å². The zero-order chi connectivity index (χ0) is 9.14. The Labute approximate surface area is 74.8 Å². The van der Waals surface area contributed by atoms with Crippen molar-refractivity contribution < 1.29 is 9.90 Å². The van der Waals surface area contributed by atoms with E-state index in [1.807, 2.05) is 0 Å². The lowest BCUT2D eigenvalue weighted by atomic mass is 10.1. The van der Waals surface area contributed by atoms with E-state index in [9.17, 15) is 4.79 Å². The number of carbonyl (C=O) groups is 1. The second-order valence-corrected chi connectivity index (χ2v) is 2.90. The van der Waals surface area contributed by atoms with Crippen molar-refractivity contribution >= 4 is 17.5 Å². The van der Waals surface area contributed by atoms with E-state index in [0.29, 0.717) is 10.6 Å². The highest BCUT2D eigenvalue weighted by molar-refractivity contribution is 6.30. The van der Waals surface area contributed by atoms with Crippen LogP contribution in [0, 0.1) is 0 Å². The molecule has 0 saturated heterocycles. The number of phenolic OH excluding ortho intramolecular Hbond substituents is 1. The van der Waals surface area contributed by atoms with E-state index in [2.05, 4.69) is 0 Å². The molecule has 64 valence electrons. The average Bonchev–Trinajstić information content (AvgIpc) is 1.81. The van der Waals surface area contributed by atoms with Gasteiger partial charge in [-0.05, 0) is 23.8 Å². The maximum Gasteiger partial charge on any atom is 0.221 e. The van der Waals surface area contributed by atoms with Crippen LogP contribution in [0.15, 0.2) is 18.2 Å². The summed E-state index contributed by atoms with van der Waals surface area (Å²) in [6.07, 6.45) is 0.0914. The molecule has 12 heavy (non-hydrogen) atoms. The number of phenols is 1. The van der Waals surface area contributed by atoms with E-state index in [1.54, 1.807) is 6.07 Å². The van der Waals surface area contributed by atoms with Crippen molar-refractivity contribution in [2.75, 3.05) is 0 Å². The smallest absolute Gasteiger partial charge is 0.221 e. The average molecular weight is 186 g/mol. The third-order valence-electron chi connectivity index (χ3n) is 1.32. The lowest BCUT2D eigenvalue weighted by Gasteiger charge is -1.99. The molecule has 0 unspecified atom stereocenters. The van der Waals surface area contributed by atoms with Crippen molar-refractivity contribution in [2.24, 2.45) is 5.73 Å². The number of carbonyl (C=O) groups excluding carboxylic acids is 1. The molecule has 0 aliphatic rings. The van der Waals surface area contributed by atoms with Gasteiger partial charge in [0.25, 0.3) is 0 Å². The second-order valence-electron chi connectivity index (χ2n) is 2.46. The first-order valence-electron chi connectivity index (χ1n) is 3.34. The fraction of sp³-hybridized carbons (Fsp3) is 0.125. The van der Waals surface area contributed by atoms with Crippen molar-refractivity contribution in [1.29, 1.82) is 0 Å². The molecule has 4 heteroatoms. The molecule has 0 aliphatic carbocycles. The van der Waals surface area contributed by atoms with Gasteiger partial charge in [-0.2, -0.15) is 0 Å². The molecule has 0 heterocycles. The molecule has 1 rings (SSSR count). The Kier molecular flexibility index (Phi) is 2.55. The van der Waals surface area contributed by atoms with Crippen LogP contribution in [-0.4, -0.2) is 11.0 Å². The minimum atomic E-state index is -0.448. The quantitative estimate of drug-likeness (QED) is 0.724. The molecule has 0 atom stereocenters. The van der Waals surface area contributed by atoms with Crippen molar-refractivity contribution in [3.05, 3.63) is 28.8 Å². The zero-order valence-corrected chi connectivity index (χ0v) is 7.01. The number of halogens is 1. The van der Waals surface area contributed by atoms with Gasteiger partial charge in [0.2, 0.25) is 5.91 Å². The monoisotopic (exact) mass is 185 g/mol. The summed E-state index contributed by atoms with van der Waals surface area (Å²) < 4.78 is 0. The van der Waals surface area contributed by atoms with Gasteiger partial charge >= 0.3 is 0 Å². The number of aromatic hydroxyl groups is 1. The van der Waals surface area contributed by atoms with E-state index < -0.39 is 5.91 Å². The van der Waals surface area contributed by atoms with E-state index in [0.717, 1.165) is 0 Å². The second kappa shape index (κ2) is 3.45. The zero-order valence-electron chi connectivity index (χ0n) is 6.25. The lowest BCUT2D eigenvalue weighted by Crippen LogP contribution is -2.13. The van der Waals surface area contributed by atoms with Crippen LogP contribution in [0.2, 0.25) is 5.02 Å². The number of primary amides is 1. The fourth-order valence-electron chi connectivity index (χ4n) is 0.937. The summed E-state index contributed by atoms with van der Waals surface area (Å²) in [5.74, 6) is -0.407. The molecule has 0 radical (unpaired) electrons. The van der Waals surface area contributed by atoms with Gasteiger partial charge in [0.1, 0.15) is 5.75 Å². The normalized spacial score (nSPS) is 9.75. The van der Waals surface area contributed by atoms with Crippen LogP contribution < -0.4 is 5.73 Å². The molecule has 1 aromatic carbocycles. The summed E-state index contributed by atoms with van der Waals surface area (Å²) in [6.45, 7) is 0. The maximum atomic E-state index is 10.5. The standard InChI is InChI=1S/C8H8ClNO2/c9-6-1-5(3-8(10)12)2-7(11)4-6/h1-2,4,11H,3H2,(H2,10,12). The van der Waals surface area contributed by atoms with Crippen LogP contribution in [0.25, 0.3) is 0 Å². The number of rotatable bonds is 2. The number of amides is 1. The third-order valence-corrected chi connectivity index (χ3v) is 1.54. The minimum Gasteiger partial charge on any atom is -0.508 e. The first kappa shape index (κ1) is 8.87. The van der Waals surface area contributed by atoms with E-state index in [1.165, 1.54) is 12.1 Å². The summed E-state index contributed by atoms with van der Waals surface area (Å²) in [7, 11) is 0. The highest BCUT2D eigenvalue weighted by Crippen LogP contribution is 2.19. The van der Waals surface area contributed by atoms with Crippen LogP contribution in [0.1, 0.15) is 5.56 Å². The van der Waals surface area contributed by atoms with E-state index in [-0.39, 0.29) is 12.2 Å². The van der Waals surface area contributed by atoms with Crippen molar-refractivity contribution in [2.45, 2.75) is 6.42 Å². The van der Waals surface area contributed by atoms with Gasteiger partial charge in [-0.25, -0.2) is 0 Å². The Morgan fingerprint density at radius 3 is 2.67 bits per heavy atom. The van der Waals surface area contributed by atoms with Crippen LogP contribution in [0.5, 0.6) is 5.75 Å². The van der Waals surface area contributed by atoms with Crippen molar-refractivity contribution in [1.82, 2.24) is 0 Å². The van der Waals surface area contributed by atoms with Crippen LogP contribution in [-0.2, 0) is 11.2 Å². The summed E-state index contributed by atoms with van der Waals surface area (Å²) in [5, 5.41) is 9.46. The van der Waals surface area contributed by atoms with Gasteiger partial charge in [0, 0.05) is 5.02 Å². The maximum absolute atomic E-state index is 10.5. The van der Waals surface area contributed by atoms with E-state index in [4.69, 9.17) is 22.4 Å².